The summed E-state index contributed by atoms with van der Waals surface area (Å²) in [6.07, 6.45) is 3.00. The molecule has 0 radical (unpaired) electrons. The third-order valence-corrected chi connectivity index (χ3v) is 4.08. The molecule has 2 aromatic rings. The lowest BCUT2D eigenvalue weighted by Crippen LogP contribution is -2.59. The van der Waals surface area contributed by atoms with Gasteiger partial charge in [-0.3, -0.25) is 4.57 Å². The van der Waals surface area contributed by atoms with Crippen molar-refractivity contribution in [3.8, 4) is 5.69 Å². The monoisotopic (exact) mass is 302 g/mol. The van der Waals surface area contributed by atoms with Gasteiger partial charge in [-0.15, -0.1) is 10.2 Å². The third-order valence-electron chi connectivity index (χ3n) is 4.08. The van der Waals surface area contributed by atoms with E-state index in [1.807, 2.05) is 41.8 Å². The molecule has 118 valence electrons. The predicted molar refractivity (Wildman–Crippen MR) is 82.8 cm³/mol. The first-order valence-electron chi connectivity index (χ1n) is 7.65. The summed E-state index contributed by atoms with van der Waals surface area (Å²) in [5.74, 6) is 0.890. The van der Waals surface area contributed by atoms with E-state index in [-0.39, 0.29) is 12.2 Å². The number of rotatable bonds is 7. The van der Waals surface area contributed by atoms with Gasteiger partial charge in [0.1, 0.15) is 6.33 Å². The summed E-state index contributed by atoms with van der Waals surface area (Å²) in [5, 5.41) is 11.7. The maximum absolute atomic E-state index is 5.64. The maximum atomic E-state index is 5.64. The average Bonchev–Trinajstić information content (AvgIpc) is 3.00. The Morgan fingerprint density at radius 3 is 2.86 bits per heavy atom. The Hall–Kier alpha value is -1.76. The molecule has 0 amide bonds. The molecule has 1 fully saturated rings. The smallest absolute Gasteiger partial charge is 0.151 e. The van der Waals surface area contributed by atoms with E-state index < -0.39 is 0 Å². The number of para-hydroxylation sites is 1. The van der Waals surface area contributed by atoms with E-state index in [0.717, 1.165) is 24.5 Å². The second kappa shape index (κ2) is 7.00. The second-order valence-electron chi connectivity index (χ2n) is 5.37. The Morgan fingerprint density at radius 2 is 2.14 bits per heavy atom. The van der Waals surface area contributed by atoms with Crippen LogP contribution < -0.4 is 5.32 Å². The van der Waals surface area contributed by atoms with Crippen LogP contribution in [0.4, 0.5) is 0 Å². The van der Waals surface area contributed by atoms with Crippen molar-refractivity contribution in [3.05, 3.63) is 42.5 Å². The lowest BCUT2D eigenvalue weighted by Gasteiger charge is -2.43. The average molecular weight is 302 g/mol. The van der Waals surface area contributed by atoms with Gasteiger partial charge in [0.2, 0.25) is 0 Å². The summed E-state index contributed by atoms with van der Waals surface area (Å²) in [6.45, 7) is 3.38. The molecule has 0 spiro atoms. The summed E-state index contributed by atoms with van der Waals surface area (Å²) in [6, 6.07) is 10.4. The maximum Gasteiger partial charge on any atom is 0.151 e. The van der Waals surface area contributed by atoms with E-state index >= 15 is 0 Å². The Morgan fingerprint density at radius 1 is 1.32 bits per heavy atom. The van der Waals surface area contributed by atoms with Crippen LogP contribution in [0.5, 0.6) is 0 Å². The first-order valence-corrected chi connectivity index (χ1v) is 7.65. The highest BCUT2D eigenvalue weighted by Gasteiger charge is 2.41. The van der Waals surface area contributed by atoms with Crippen molar-refractivity contribution in [2.24, 2.45) is 0 Å². The van der Waals surface area contributed by atoms with Crippen LogP contribution in [0.1, 0.15) is 19.2 Å². The SMILES string of the molecule is CCO[C@@H]1C[C@@H](NCc2nncn2-c2ccccc2)[C@H]1OC. The van der Waals surface area contributed by atoms with Gasteiger partial charge in [0.15, 0.2) is 5.82 Å². The van der Waals surface area contributed by atoms with E-state index in [2.05, 4.69) is 15.5 Å². The molecule has 0 bridgehead atoms. The van der Waals surface area contributed by atoms with Crippen molar-refractivity contribution in [3.63, 3.8) is 0 Å². The van der Waals surface area contributed by atoms with Gasteiger partial charge in [0.05, 0.1) is 18.8 Å². The lowest BCUT2D eigenvalue weighted by molar-refractivity contribution is -0.131. The van der Waals surface area contributed by atoms with Gasteiger partial charge in [-0.05, 0) is 25.5 Å². The molecule has 1 aromatic carbocycles. The van der Waals surface area contributed by atoms with E-state index in [0.29, 0.717) is 12.6 Å². The first kappa shape index (κ1) is 15.1. The molecular formula is C16H22N4O2. The summed E-state index contributed by atoms with van der Waals surface area (Å²) >= 11 is 0. The molecule has 1 N–H and O–H groups in total. The fraction of sp³-hybridized carbons (Fsp3) is 0.500. The summed E-state index contributed by atoms with van der Waals surface area (Å²) in [5.41, 5.74) is 1.06. The fourth-order valence-corrected chi connectivity index (χ4v) is 2.88. The van der Waals surface area contributed by atoms with Crippen LogP contribution >= 0.6 is 0 Å². The van der Waals surface area contributed by atoms with Crippen LogP contribution in [0.15, 0.2) is 36.7 Å². The van der Waals surface area contributed by atoms with E-state index in [9.17, 15) is 0 Å². The summed E-state index contributed by atoms with van der Waals surface area (Å²) in [4.78, 5) is 0. The molecule has 1 saturated carbocycles. The molecule has 3 rings (SSSR count). The molecule has 1 heterocycles. The molecule has 0 saturated heterocycles. The third kappa shape index (κ3) is 3.04. The van der Waals surface area contributed by atoms with Gasteiger partial charge >= 0.3 is 0 Å². The first-order chi connectivity index (χ1) is 10.8. The van der Waals surface area contributed by atoms with E-state index in [1.54, 1.807) is 13.4 Å². The van der Waals surface area contributed by atoms with Crippen molar-refractivity contribution in [2.75, 3.05) is 13.7 Å². The van der Waals surface area contributed by atoms with E-state index in [4.69, 9.17) is 9.47 Å². The van der Waals surface area contributed by atoms with Crippen molar-refractivity contribution in [2.45, 2.75) is 38.1 Å². The molecule has 6 heteroatoms. The van der Waals surface area contributed by atoms with Gasteiger partial charge in [-0.1, -0.05) is 18.2 Å². The van der Waals surface area contributed by atoms with Crippen molar-refractivity contribution in [1.29, 1.82) is 0 Å². The molecule has 1 aromatic heterocycles. The van der Waals surface area contributed by atoms with Gasteiger partial charge < -0.3 is 14.8 Å². The molecule has 3 atom stereocenters. The lowest BCUT2D eigenvalue weighted by atomic mass is 9.85. The zero-order valence-corrected chi connectivity index (χ0v) is 13.0. The van der Waals surface area contributed by atoms with Gasteiger partial charge in [-0.2, -0.15) is 0 Å². The molecule has 6 nitrogen and oxygen atoms in total. The number of nitrogens with one attached hydrogen (secondary N) is 1. The number of ether oxygens (including phenoxy) is 2. The Balaban J connectivity index is 1.60. The van der Waals surface area contributed by atoms with Crippen molar-refractivity contribution >= 4 is 0 Å². The number of methoxy groups -OCH3 is 1. The topological polar surface area (TPSA) is 61.2 Å². The Kier molecular flexibility index (Phi) is 4.82. The molecule has 0 unspecified atom stereocenters. The van der Waals surface area contributed by atoms with Gasteiger partial charge in [0, 0.05) is 25.4 Å². The van der Waals surface area contributed by atoms with Crippen LogP contribution in [0.3, 0.4) is 0 Å². The van der Waals surface area contributed by atoms with Crippen LogP contribution in [-0.4, -0.2) is 46.7 Å². The largest absolute Gasteiger partial charge is 0.377 e. The normalized spacial score (nSPS) is 24.2. The highest BCUT2D eigenvalue weighted by molar-refractivity contribution is 5.31. The van der Waals surface area contributed by atoms with Crippen molar-refractivity contribution in [1.82, 2.24) is 20.1 Å². The zero-order chi connectivity index (χ0) is 15.4. The number of aromatic nitrogens is 3. The highest BCUT2D eigenvalue weighted by Crippen LogP contribution is 2.27. The Labute approximate surface area is 130 Å². The number of hydrogen-bond donors (Lipinski definition) is 1. The minimum absolute atomic E-state index is 0.105. The number of hydrogen-bond acceptors (Lipinski definition) is 5. The van der Waals surface area contributed by atoms with Crippen molar-refractivity contribution < 1.29 is 9.47 Å². The van der Waals surface area contributed by atoms with E-state index in [1.165, 1.54) is 0 Å². The highest BCUT2D eigenvalue weighted by atomic mass is 16.5. The Bertz CT molecular complexity index is 587. The molecular weight excluding hydrogens is 280 g/mol. The molecule has 0 aliphatic heterocycles. The predicted octanol–water partition coefficient (Wildman–Crippen LogP) is 1.55. The van der Waals surface area contributed by atoms with Crippen LogP contribution in [0.2, 0.25) is 0 Å². The van der Waals surface area contributed by atoms with Gasteiger partial charge in [-0.25, -0.2) is 0 Å². The number of nitrogens with zero attached hydrogens (tertiary/aromatic N) is 3. The molecule has 22 heavy (non-hydrogen) atoms. The minimum Gasteiger partial charge on any atom is -0.377 e. The van der Waals surface area contributed by atoms with Gasteiger partial charge in [0.25, 0.3) is 0 Å². The summed E-state index contributed by atoms with van der Waals surface area (Å²) < 4.78 is 13.2. The molecule has 1 aliphatic rings. The van der Waals surface area contributed by atoms with Crippen LogP contribution in [-0.2, 0) is 16.0 Å². The minimum atomic E-state index is 0.105. The fourth-order valence-electron chi connectivity index (χ4n) is 2.88. The summed E-state index contributed by atoms with van der Waals surface area (Å²) in [7, 11) is 1.73. The second-order valence-corrected chi connectivity index (χ2v) is 5.37. The quantitative estimate of drug-likeness (QED) is 0.841. The van der Waals surface area contributed by atoms with Crippen LogP contribution in [0.25, 0.3) is 5.69 Å². The standard InChI is InChI=1S/C16H22N4O2/c1-3-22-14-9-13(16(14)21-2)17-10-15-19-18-11-20(15)12-7-5-4-6-8-12/h4-8,11,13-14,16-17H,3,9-10H2,1-2H3/t13-,14-,16-/m1/s1. The molecule has 1 aliphatic carbocycles. The zero-order valence-electron chi connectivity index (χ0n) is 13.0. The number of benzene rings is 1. The van der Waals surface area contributed by atoms with Crippen LogP contribution in [0, 0.1) is 0 Å².